The second kappa shape index (κ2) is 11.9. The van der Waals surface area contributed by atoms with Crippen molar-refractivity contribution in [1.29, 1.82) is 0 Å². The molecule has 0 aromatic heterocycles. The molecule has 4 rings (SSSR count). The number of rotatable bonds is 8. The van der Waals surface area contributed by atoms with Crippen molar-refractivity contribution >= 4 is 33.6 Å². The third kappa shape index (κ3) is 5.88. The molecule has 1 atom stereocenters. The third-order valence-electron chi connectivity index (χ3n) is 6.82. The number of nitrogens with one attached hydrogen (secondary N) is 1. The summed E-state index contributed by atoms with van der Waals surface area (Å²) in [5.41, 5.74) is 2.64. The maximum atomic E-state index is 13.2. The van der Waals surface area contributed by atoms with Crippen molar-refractivity contribution in [2.45, 2.75) is 31.7 Å². The molecule has 11 heteroatoms. The number of carbonyl (C=O) groups excluding carboxylic acids is 2. The number of amides is 2. The van der Waals surface area contributed by atoms with Crippen molar-refractivity contribution in [2.75, 3.05) is 45.9 Å². The third-order valence-corrected chi connectivity index (χ3v) is 8.98. The lowest BCUT2D eigenvalue weighted by Gasteiger charge is -2.40. The van der Waals surface area contributed by atoms with Crippen LogP contribution < -0.4 is 5.32 Å². The minimum atomic E-state index is -3.60. The molecule has 9 nitrogen and oxygen atoms in total. The first kappa shape index (κ1) is 28.1. The van der Waals surface area contributed by atoms with Gasteiger partial charge in [0.15, 0.2) is 0 Å². The molecule has 2 aromatic carbocycles. The Hall–Kier alpha value is -2.92. The van der Waals surface area contributed by atoms with Crippen molar-refractivity contribution < 1.29 is 22.7 Å². The number of ether oxygens (including phenoxy) is 1. The molecule has 1 N–H and O–H groups in total. The number of hydrogen-bond donors (Lipinski definition) is 1. The molecular formula is C27H33ClN4O5S. The van der Waals surface area contributed by atoms with Crippen LogP contribution in [0.15, 0.2) is 64.7 Å². The topological polar surface area (TPSA) is 99.3 Å². The molecule has 0 spiro atoms. The molecule has 2 aliphatic heterocycles. The van der Waals surface area contributed by atoms with Crippen LogP contribution >= 0.6 is 11.6 Å². The van der Waals surface area contributed by atoms with E-state index in [1.54, 1.807) is 60.4 Å². The van der Waals surface area contributed by atoms with Gasteiger partial charge in [0, 0.05) is 50.0 Å². The minimum absolute atomic E-state index is 0.193. The van der Waals surface area contributed by atoms with Crippen LogP contribution in [0.5, 0.6) is 0 Å². The van der Waals surface area contributed by atoms with Crippen molar-refractivity contribution in [3.63, 3.8) is 0 Å². The van der Waals surface area contributed by atoms with E-state index in [0.29, 0.717) is 61.1 Å². The molecule has 204 valence electrons. The lowest BCUT2D eigenvalue weighted by atomic mass is 9.94. The average molecular weight is 561 g/mol. The predicted octanol–water partition coefficient (Wildman–Crippen LogP) is 3.56. The number of carbonyl (C=O) groups is 2. The maximum Gasteiger partial charge on any atom is 0.338 e. The van der Waals surface area contributed by atoms with E-state index in [0.717, 1.165) is 5.56 Å². The lowest BCUT2D eigenvalue weighted by molar-refractivity contribution is -0.139. The Balaban J connectivity index is 1.61. The van der Waals surface area contributed by atoms with Crippen molar-refractivity contribution in [1.82, 2.24) is 19.4 Å². The zero-order chi connectivity index (χ0) is 27.4. The second-order valence-electron chi connectivity index (χ2n) is 9.25. The van der Waals surface area contributed by atoms with Gasteiger partial charge in [-0.2, -0.15) is 4.31 Å². The smallest absolute Gasteiger partial charge is 0.338 e. The quantitative estimate of drug-likeness (QED) is 0.496. The summed E-state index contributed by atoms with van der Waals surface area (Å²) in [6.45, 7) is 7.87. The number of esters is 1. The van der Waals surface area contributed by atoms with E-state index in [2.05, 4.69) is 10.2 Å². The van der Waals surface area contributed by atoms with Gasteiger partial charge in [0.25, 0.3) is 0 Å². The highest BCUT2D eigenvalue weighted by molar-refractivity contribution is 7.89. The number of aryl methyl sites for hydroxylation is 1. The Bertz CT molecular complexity index is 1300. The first-order valence-electron chi connectivity index (χ1n) is 12.7. The molecule has 2 heterocycles. The zero-order valence-corrected chi connectivity index (χ0v) is 23.4. The van der Waals surface area contributed by atoms with Crippen molar-refractivity contribution in [2.24, 2.45) is 0 Å². The monoisotopic (exact) mass is 560 g/mol. The zero-order valence-electron chi connectivity index (χ0n) is 21.8. The molecule has 38 heavy (non-hydrogen) atoms. The predicted molar refractivity (Wildman–Crippen MR) is 145 cm³/mol. The van der Waals surface area contributed by atoms with Crippen LogP contribution in [-0.2, 0) is 19.6 Å². The fourth-order valence-corrected chi connectivity index (χ4v) is 6.31. The highest BCUT2D eigenvalue weighted by Crippen LogP contribution is 2.33. The van der Waals surface area contributed by atoms with E-state index in [1.165, 1.54) is 4.31 Å². The summed E-state index contributed by atoms with van der Waals surface area (Å²) in [6, 6.07) is 12.8. The normalized spacial score (nSPS) is 19.4. The Kier molecular flexibility index (Phi) is 8.77. The van der Waals surface area contributed by atoms with Gasteiger partial charge < -0.3 is 10.1 Å². The molecule has 2 amide bonds. The van der Waals surface area contributed by atoms with Gasteiger partial charge in [0.1, 0.15) is 0 Å². The van der Waals surface area contributed by atoms with Crippen LogP contribution in [-0.4, -0.2) is 80.4 Å². The molecule has 2 aromatic rings. The van der Waals surface area contributed by atoms with E-state index in [1.807, 2.05) is 13.8 Å². The van der Waals surface area contributed by atoms with Crippen LogP contribution in [0.4, 0.5) is 4.79 Å². The van der Waals surface area contributed by atoms with Crippen LogP contribution in [0.25, 0.3) is 0 Å². The molecule has 1 saturated heterocycles. The molecule has 0 radical (unpaired) electrons. The fourth-order valence-electron chi connectivity index (χ4n) is 4.76. The van der Waals surface area contributed by atoms with Crippen LogP contribution in [0, 0.1) is 6.92 Å². The van der Waals surface area contributed by atoms with Crippen molar-refractivity contribution in [3.8, 4) is 0 Å². The summed E-state index contributed by atoms with van der Waals surface area (Å²) in [5.74, 6) is -0.499. The SMILES string of the molecule is CCOC(=O)C1=C(CN2CCN(S(=O)(=O)c3ccc(C)cc3)CC2)N(CC)C(=O)NC1c1ccc(Cl)cc1. The van der Waals surface area contributed by atoms with Gasteiger partial charge in [0.2, 0.25) is 10.0 Å². The summed E-state index contributed by atoms with van der Waals surface area (Å²) in [4.78, 5) is 30.2. The van der Waals surface area contributed by atoms with E-state index in [4.69, 9.17) is 16.3 Å². The minimum Gasteiger partial charge on any atom is -0.463 e. The van der Waals surface area contributed by atoms with E-state index >= 15 is 0 Å². The number of sulfonamides is 1. The summed E-state index contributed by atoms with van der Waals surface area (Å²) < 4.78 is 33.2. The van der Waals surface area contributed by atoms with Crippen LogP contribution in [0.2, 0.25) is 5.02 Å². The maximum absolute atomic E-state index is 13.2. The molecule has 0 aliphatic carbocycles. The summed E-state index contributed by atoms with van der Waals surface area (Å²) in [5, 5.41) is 3.49. The largest absolute Gasteiger partial charge is 0.463 e. The van der Waals surface area contributed by atoms with Gasteiger partial charge in [0.05, 0.1) is 23.1 Å². The standard InChI is InChI=1S/C27H33ClN4O5S/c1-4-32-23(18-30-14-16-31(17-15-30)38(35,36)22-12-6-19(3)7-13-22)24(26(33)37-5-2)25(29-27(32)34)20-8-10-21(28)11-9-20/h6-13,25H,4-5,14-18H2,1-3H3,(H,29,34). The molecule has 0 saturated carbocycles. The average Bonchev–Trinajstić information content (AvgIpc) is 2.89. The first-order chi connectivity index (χ1) is 18.1. The van der Waals surface area contributed by atoms with E-state index in [-0.39, 0.29) is 17.5 Å². The lowest BCUT2D eigenvalue weighted by Crippen LogP contribution is -2.53. The summed E-state index contributed by atoms with van der Waals surface area (Å²) in [7, 11) is -3.60. The van der Waals surface area contributed by atoms with E-state index < -0.39 is 22.0 Å². The Morgan fingerprint density at radius 1 is 1.03 bits per heavy atom. The number of benzene rings is 2. The fraction of sp³-hybridized carbons (Fsp3) is 0.407. The van der Waals surface area contributed by atoms with Crippen LogP contribution in [0.1, 0.15) is 31.0 Å². The summed E-state index contributed by atoms with van der Waals surface area (Å²) >= 11 is 6.07. The number of hydrogen-bond acceptors (Lipinski definition) is 6. The van der Waals surface area contributed by atoms with Crippen LogP contribution in [0.3, 0.4) is 0 Å². The molecular weight excluding hydrogens is 528 g/mol. The highest BCUT2D eigenvalue weighted by atomic mass is 35.5. The number of piperazine rings is 1. The Morgan fingerprint density at radius 3 is 2.24 bits per heavy atom. The van der Waals surface area contributed by atoms with Crippen molar-refractivity contribution in [3.05, 3.63) is 76.0 Å². The number of likely N-dealkylation sites (N-methyl/N-ethyl adjacent to an activating group) is 1. The van der Waals surface area contributed by atoms with Gasteiger partial charge in [-0.1, -0.05) is 41.4 Å². The van der Waals surface area contributed by atoms with Gasteiger partial charge in [-0.25, -0.2) is 18.0 Å². The molecule has 1 unspecified atom stereocenters. The molecule has 0 bridgehead atoms. The van der Waals surface area contributed by atoms with Gasteiger partial charge in [-0.15, -0.1) is 0 Å². The second-order valence-corrected chi connectivity index (χ2v) is 11.6. The van der Waals surface area contributed by atoms with Gasteiger partial charge in [-0.05, 0) is 50.6 Å². The Morgan fingerprint density at radius 2 is 1.66 bits per heavy atom. The first-order valence-corrected chi connectivity index (χ1v) is 14.5. The molecule has 1 fully saturated rings. The van der Waals surface area contributed by atoms with Gasteiger partial charge >= 0.3 is 12.0 Å². The summed E-state index contributed by atoms with van der Waals surface area (Å²) in [6.07, 6.45) is 0. The number of nitrogens with zero attached hydrogens (tertiary/aromatic N) is 3. The Labute approximate surface area is 229 Å². The number of urea groups is 1. The van der Waals surface area contributed by atoms with Gasteiger partial charge in [-0.3, -0.25) is 9.80 Å². The number of halogens is 1. The molecule has 2 aliphatic rings. The van der Waals surface area contributed by atoms with E-state index in [9.17, 15) is 18.0 Å². The highest BCUT2D eigenvalue weighted by Gasteiger charge is 2.39.